The van der Waals surface area contributed by atoms with Crippen LogP contribution in [0.5, 0.6) is 0 Å². The zero-order valence-corrected chi connectivity index (χ0v) is 16.7. The number of nitrogens with one attached hydrogen (secondary N) is 1. The molecule has 0 aliphatic rings. The number of amides is 1. The lowest BCUT2D eigenvalue weighted by molar-refractivity contribution is 0.102. The first-order chi connectivity index (χ1) is 14.0. The van der Waals surface area contributed by atoms with Crippen LogP contribution >= 0.6 is 11.6 Å². The average molecular weight is 411 g/mol. The summed E-state index contributed by atoms with van der Waals surface area (Å²) in [7, 11) is 0. The number of halogens is 1. The molecule has 0 atom stereocenters. The van der Waals surface area contributed by atoms with Gasteiger partial charge in [-0.2, -0.15) is 10.2 Å². The van der Waals surface area contributed by atoms with Gasteiger partial charge >= 0.3 is 0 Å². The number of nitrogens with zero attached hydrogens (tertiary/aromatic N) is 7. The molecule has 0 saturated carbocycles. The molecule has 0 aliphatic carbocycles. The van der Waals surface area contributed by atoms with Crippen LogP contribution < -0.4 is 5.32 Å². The molecule has 0 unspecified atom stereocenters. The highest BCUT2D eigenvalue weighted by molar-refractivity contribution is 6.31. The molecule has 0 radical (unpaired) electrons. The number of rotatable bonds is 6. The van der Waals surface area contributed by atoms with Crippen LogP contribution in [0, 0.1) is 13.8 Å². The maximum Gasteiger partial charge on any atom is 0.278 e. The van der Waals surface area contributed by atoms with Gasteiger partial charge < -0.3 is 0 Å². The number of hydrogen-bond donors (Lipinski definition) is 1. The van der Waals surface area contributed by atoms with E-state index in [2.05, 4.69) is 25.6 Å². The molecule has 9 nitrogen and oxygen atoms in total. The van der Waals surface area contributed by atoms with Crippen molar-refractivity contribution in [1.29, 1.82) is 0 Å². The normalized spacial score (nSPS) is 11.0. The van der Waals surface area contributed by atoms with Crippen LogP contribution in [0.2, 0.25) is 5.02 Å². The molecule has 0 aliphatic heterocycles. The Morgan fingerprint density at radius 3 is 2.69 bits per heavy atom. The number of anilines is 1. The predicted octanol–water partition coefficient (Wildman–Crippen LogP) is 2.75. The maximum atomic E-state index is 12.5. The van der Waals surface area contributed by atoms with Crippen LogP contribution in [-0.2, 0) is 13.2 Å². The third-order valence-corrected chi connectivity index (χ3v) is 4.68. The summed E-state index contributed by atoms with van der Waals surface area (Å²) in [6.45, 7) is 4.79. The van der Waals surface area contributed by atoms with E-state index in [4.69, 9.17) is 11.6 Å². The molecule has 1 aromatic carbocycles. The first kappa shape index (κ1) is 18.9. The second-order valence-electron chi connectivity index (χ2n) is 6.62. The molecule has 4 rings (SSSR count). The zero-order chi connectivity index (χ0) is 20.4. The third kappa shape index (κ3) is 4.35. The van der Waals surface area contributed by atoms with Gasteiger partial charge in [-0.05, 0) is 37.6 Å². The smallest absolute Gasteiger partial charge is 0.278 e. The summed E-state index contributed by atoms with van der Waals surface area (Å²) < 4.78 is 5.08. The molecule has 0 fully saturated rings. The number of aryl methyl sites for hydroxylation is 2. The number of benzene rings is 1. The summed E-state index contributed by atoms with van der Waals surface area (Å²) in [6.07, 6.45) is 3.27. The van der Waals surface area contributed by atoms with E-state index in [0.29, 0.717) is 18.2 Å². The molecule has 1 amide bonds. The third-order valence-electron chi connectivity index (χ3n) is 4.31. The van der Waals surface area contributed by atoms with Gasteiger partial charge in [0.25, 0.3) is 5.91 Å². The maximum absolute atomic E-state index is 12.5. The molecule has 0 saturated heterocycles. The van der Waals surface area contributed by atoms with Crippen LogP contribution in [0.25, 0.3) is 0 Å². The number of hydrogen-bond acceptors (Lipinski definition) is 5. The second kappa shape index (κ2) is 7.88. The summed E-state index contributed by atoms with van der Waals surface area (Å²) in [6, 6.07) is 11.1. The van der Waals surface area contributed by atoms with Gasteiger partial charge in [0.15, 0.2) is 5.69 Å². The highest BCUT2D eigenvalue weighted by Crippen LogP contribution is 2.16. The molecule has 3 aromatic heterocycles. The fourth-order valence-corrected chi connectivity index (χ4v) is 3.11. The molecule has 3 heterocycles. The van der Waals surface area contributed by atoms with Gasteiger partial charge in [0.2, 0.25) is 5.95 Å². The van der Waals surface area contributed by atoms with E-state index in [1.54, 1.807) is 28.0 Å². The lowest BCUT2D eigenvalue weighted by Gasteiger charge is -2.04. The largest absolute Gasteiger partial charge is 0.288 e. The molecule has 29 heavy (non-hydrogen) atoms. The van der Waals surface area contributed by atoms with Crippen LogP contribution in [0.4, 0.5) is 5.95 Å². The van der Waals surface area contributed by atoms with Crippen molar-refractivity contribution in [3.63, 3.8) is 0 Å². The van der Waals surface area contributed by atoms with Gasteiger partial charge in [-0.15, -0.1) is 5.10 Å². The second-order valence-corrected chi connectivity index (χ2v) is 7.03. The highest BCUT2D eigenvalue weighted by atomic mass is 35.5. The highest BCUT2D eigenvalue weighted by Gasteiger charge is 2.13. The lowest BCUT2D eigenvalue weighted by Crippen LogP contribution is -2.16. The van der Waals surface area contributed by atoms with E-state index < -0.39 is 0 Å². The molecule has 10 heteroatoms. The van der Waals surface area contributed by atoms with Crippen molar-refractivity contribution in [2.45, 2.75) is 27.1 Å². The Kier molecular flexibility index (Phi) is 5.13. The quantitative estimate of drug-likeness (QED) is 0.527. The van der Waals surface area contributed by atoms with Gasteiger partial charge in [0.1, 0.15) is 13.0 Å². The van der Waals surface area contributed by atoms with E-state index in [-0.39, 0.29) is 17.5 Å². The first-order valence-electron chi connectivity index (χ1n) is 8.96. The van der Waals surface area contributed by atoms with E-state index in [0.717, 1.165) is 17.0 Å². The van der Waals surface area contributed by atoms with Gasteiger partial charge in [-0.3, -0.25) is 14.8 Å². The molecule has 4 aromatic rings. The van der Waals surface area contributed by atoms with E-state index in [1.165, 1.54) is 0 Å². The first-order valence-corrected chi connectivity index (χ1v) is 9.34. The SMILES string of the molecule is Cc1cc(C)n(Cn2ccc(C(=O)Nc3ncn(Cc4ccccc4Cl)n3)n2)n1. The van der Waals surface area contributed by atoms with Gasteiger partial charge in [0.05, 0.1) is 12.2 Å². The molecular weight excluding hydrogens is 392 g/mol. The van der Waals surface area contributed by atoms with Crippen LogP contribution in [-0.4, -0.2) is 40.2 Å². The van der Waals surface area contributed by atoms with E-state index >= 15 is 0 Å². The molecule has 0 spiro atoms. The van der Waals surface area contributed by atoms with Crippen molar-refractivity contribution in [2.75, 3.05) is 5.32 Å². The van der Waals surface area contributed by atoms with Gasteiger partial charge in [0, 0.05) is 16.9 Å². The van der Waals surface area contributed by atoms with Crippen molar-refractivity contribution in [1.82, 2.24) is 34.3 Å². The monoisotopic (exact) mass is 410 g/mol. The van der Waals surface area contributed by atoms with Gasteiger partial charge in [-0.1, -0.05) is 29.8 Å². The van der Waals surface area contributed by atoms with E-state index in [1.807, 2.05) is 48.9 Å². The molecule has 1 N–H and O–H groups in total. The Morgan fingerprint density at radius 2 is 1.93 bits per heavy atom. The fraction of sp³-hybridized carbons (Fsp3) is 0.211. The van der Waals surface area contributed by atoms with Crippen molar-refractivity contribution in [3.05, 3.63) is 76.6 Å². The predicted molar refractivity (Wildman–Crippen MR) is 108 cm³/mol. The average Bonchev–Trinajstić information content (AvgIpc) is 3.39. The standard InChI is InChI=1S/C19H19ClN8O/c1-13-9-14(2)28(23-13)12-26-8-7-17(24-26)18(29)22-19-21-11-27(25-19)10-15-5-3-4-6-16(15)20/h3-9,11H,10,12H2,1-2H3,(H,22,25,29). The Balaban J connectivity index is 1.40. The summed E-state index contributed by atoms with van der Waals surface area (Å²) >= 11 is 6.17. The summed E-state index contributed by atoms with van der Waals surface area (Å²) in [5.74, 6) is -0.178. The molecule has 148 valence electrons. The van der Waals surface area contributed by atoms with Crippen LogP contribution in [0.15, 0.2) is 48.9 Å². The van der Waals surface area contributed by atoms with E-state index in [9.17, 15) is 4.79 Å². The molecular formula is C19H19ClN8O. The fourth-order valence-electron chi connectivity index (χ4n) is 2.91. The topological polar surface area (TPSA) is 95.5 Å². The summed E-state index contributed by atoms with van der Waals surface area (Å²) in [4.78, 5) is 16.6. The minimum absolute atomic E-state index is 0.204. The summed E-state index contributed by atoms with van der Waals surface area (Å²) in [5.41, 5.74) is 3.15. The Labute approximate surface area is 171 Å². The van der Waals surface area contributed by atoms with Crippen molar-refractivity contribution in [3.8, 4) is 0 Å². The number of carbonyl (C=O) groups excluding carboxylic acids is 1. The van der Waals surface area contributed by atoms with Crippen molar-refractivity contribution in [2.24, 2.45) is 0 Å². The van der Waals surface area contributed by atoms with Crippen LogP contribution in [0.1, 0.15) is 27.4 Å². The zero-order valence-electron chi connectivity index (χ0n) is 15.9. The van der Waals surface area contributed by atoms with Crippen molar-refractivity contribution < 1.29 is 4.79 Å². The van der Waals surface area contributed by atoms with Gasteiger partial charge in [-0.25, -0.2) is 14.3 Å². The minimum Gasteiger partial charge on any atom is -0.288 e. The Hall–Kier alpha value is -3.46. The molecule has 0 bridgehead atoms. The number of aromatic nitrogens is 7. The Bertz CT molecular complexity index is 1160. The Morgan fingerprint density at radius 1 is 1.10 bits per heavy atom. The summed E-state index contributed by atoms with van der Waals surface area (Å²) in [5, 5.41) is 16.3. The van der Waals surface area contributed by atoms with Crippen molar-refractivity contribution >= 4 is 23.5 Å². The lowest BCUT2D eigenvalue weighted by atomic mass is 10.2. The van der Waals surface area contributed by atoms with Crippen LogP contribution in [0.3, 0.4) is 0 Å². The number of carbonyl (C=O) groups is 1. The minimum atomic E-state index is -0.382.